The van der Waals surface area contributed by atoms with Crippen LogP contribution in [-0.2, 0) is 0 Å². The van der Waals surface area contributed by atoms with E-state index in [-0.39, 0.29) is 6.61 Å². The van der Waals surface area contributed by atoms with Crippen molar-refractivity contribution in [3.05, 3.63) is 11.6 Å². The van der Waals surface area contributed by atoms with Gasteiger partial charge in [0.05, 0.1) is 6.61 Å². The summed E-state index contributed by atoms with van der Waals surface area (Å²) in [4.78, 5) is 2.34. The zero-order valence-electron chi connectivity index (χ0n) is 9.21. The molecule has 0 aliphatic heterocycles. The molecule has 0 amide bonds. The molecule has 13 heavy (non-hydrogen) atoms. The van der Waals surface area contributed by atoms with Crippen molar-refractivity contribution in [2.24, 2.45) is 0 Å². The van der Waals surface area contributed by atoms with Gasteiger partial charge in [0.25, 0.3) is 0 Å². The average Bonchev–Trinajstić information content (AvgIpc) is 2.17. The summed E-state index contributed by atoms with van der Waals surface area (Å²) in [6, 6.07) is 0. The monoisotopic (exact) mass is 185 g/mol. The summed E-state index contributed by atoms with van der Waals surface area (Å²) in [6.07, 6.45) is 4.30. The van der Waals surface area contributed by atoms with E-state index < -0.39 is 0 Å². The fourth-order valence-corrected chi connectivity index (χ4v) is 1.31. The topological polar surface area (TPSA) is 23.5 Å². The van der Waals surface area contributed by atoms with Gasteiger partial charge in [-0.1, -0.05) is 33.3 Å². The smallest absolute Gasteiger partial charge is 0.0642 e. The minimum atomic E-state index is 0.217. The van der Waals surface area contributed by atoms with Crippen LogP contribution in [0.2, 0.25) is 0 Å². The van der Waals surface area contributed by atoms with Crippen LogP contribution in [0.3, 0.4) is 0 Å². The summed E-state index contributed by atoms with van der Waals surface area (Å²) in [5.74, 6) is 0. The Hall–Kier alpha value is -0.340. The molecule has 1 N–H and O–H groups in total. The van der Waals surface area contributed by atoms with E-state index in [0.29, 0.717) is 0 Å². The van der Waals surface area contributed by atoms with Crippen molar-refractivity contribution in [2.75, 3.05) is 26.2 Å². The van der Waals surface area contributed by atoms with Crippen LogP contribution in [0, 0.1) is 0 Å². The van der Waals surface area contributed by atoms with Gasteiger partial charge >= 0.3 is 0 Å². The second kappa shape index (κ2) is 8.27. The van der Waals surface area contributed by atoms with E-state index >= 15 is 0 Å². The van der Waals surface area contributed by atoms with Gasteiger partial charge in [-0.3, -0.25) is 0 Å². The maximum atomic E-state index is 9.03. The number of hydrogen-bond donors (Lipinski definition) is 1. The number of rotatable bonds is 7. The highest BCUT2D eigenvalue weighted by atomic mass is 16.3. The third kappa shape index (κ3) is 5.83. The Labute approximate surface area is 82.3 Å². The molecular formula is C11H23NO. The highest BCUT2D eigenvalue weighted by molar-refractivity contribution is 5.02. The SMILES string of the molecule is CCCC(=CCN(CC)CC)CO. The maximum absolute atomic E-state index is 9.03. The standard InChI is InChI=1S/C11H23NO/c1-4-7-11(10-13)8-9-12(5-2)6-3/h8,13H,4-7,9-10H2,1-3H3. The molecule has 0 rings (SSSR count). The first kappa shape index (κ1) is 12.7. The van der Waals surface area contributed by atoms with E-state index in [1.807, 2.05) is 0 Å². The highest BCUT2D eigenvalue weighted by Gasteiger charge is 1.97. The van der Waals surface area contributed by atoms with Crippen LogP contribution in [0.1, 0.15) is 33.6 Å². The Kier molecular flexibility index (Phi) is 8.05. The summed E-state index contributed by atoms with van der Waals surface area (Å²) < 4.78 is 0. The Morgan fingerprint density at radius 3 is 2.23 bits per heavy atom. The number of likely N-dealkylation sites (N-methyl/N-ethyl adjacent to an activating group) is 1. The first-order chi connectivity index (χ1) is 6.28. The summed E-state index contributed by atoms with van der Waals surface area (Å²) in [5, 5.41) is 9.03. The van der Waals surface area contributed by atoms with Gasteiger partial charge in [0, 0.05) is 6.54 Å². The summed E-state index contributed by atoms with van der Waals surface area (Å²) in [6.45, 7) is 9.82. The van der Waals surface area contributed by atoms with E-state index in [9.17, 15) is 0 Å². The van der Waals surface area contributed by atoms with Crippen molar-refractivity contribution >= 4 is 0 Å². The molecule has 0 radical (unpaired) electrons. The molecule has 0 aromatic carbocycles. The van der Waals surface area contributed by atoms with Crippen molar-refractivity contribution in [1.29, 1.82) is 0 Å². The predicted octanol–water partition coefficient (Wildman–Crippen LogP) is 2.05. The molecule has 0 saturated carbocycles. The quantitative estimate of drug-likeness (QED) is 0.614. The van der Waals surface area contributed by atoms with Gasteiger partial charge in [-0.25, -0.2) is 0 Å². The van der Waals surface area contributed by atoms with Gasteiger partial charge in [0.15, 0.2) is 0 Å². The number of aliphatic hydroxyl groups excluding tert-OH is 1. The summed E-state index contributed by atoms with van der Waals surface area (Å²) in [7, 11) is 0. The Balaban J connectivity index is 3.88. The largest absolute Gasteiger partial charge is 0.392 e. The fraction of sp³-hybridized carbons (Fsp3) is 0.818. The van der Waals surface area contributed by atoms with E-state index in [2.05, 4.69) is 31.7 Å². The van der Waals surface area contributed by atoms with Crippen LogP contribution >= 0.6 is 0 Å². The van der Waals surface area contributed by atoms with E-state index in [0.717, 1.165) is 32.5 Å². The molecule has 0 aromatic heterocycles. The van der Waals surface area contributed by atoms with Crippen LogP contribution < -0.4 is 0 Å². The minimum absolute atomic E-state index is 0.217. The van der Waals surface area contributed by atoms with Crippen LogP contribution in [0.15, 0.2) is 11.6 Å². The molecule has 2 nitrogen and oxygen atoms in total. The molecular weight excluding hydrogens is 162 g/mol. The van der Waals surface area contributed by atoms with Crippen molar-refractivity contribution in [1.82, 2.24) is 4.90 Å². The molecule has 0 bridgehead atoms. The predicted molar refractivity (Wildman–Crippen MR) is 57.9 cm³/mol. The molecule has 0 atom stereocenters. The minimum Gasteiger partial charge on any atom is -0.392 e. The number of aliphatic hydroxyl groups is 1. The molecule has 0 saturated heterocycles. The fourth-order valence-electron chi connectivity index (χ4n) is 1.31. The first-order valence-corrected chi connectivity index (χ1v) is 5.29. The lowest BCUT2D eigenvalue weighted by Gasteiger charge is -2.16. The molecule has 0 unspecified atom stereocenters. The van der Waals surface area contributed by atoms with Crippen molar-refractivity contribution < 1.29 is 5.11 Å². The van der Waals surface area contributed by atoms with Crippen LogP contribution in [0.4, 0.5) is 0 Å². The maximum Gasteiger partial charge on any atom is 0.0642 e. The van der Waals surface area contributed by atoms with Gasteiger partial charge in [0.1, 0.15) is 0 Å². The van der Waals surface area contributed by atoms with E-state index in [1.165, 1.54) is 5.57 Å². The highest BCUT2D eigenvalue weighted by Crippen LogP contribution is 2.03. The van der Waals surface area contributed by atoms with Crippen LogP contribution in [0.5, 0.6) is 0 Å². The first-order valence-electron chi connectivity index (χ1n) is 5.29. The summed E-state index contributed by atoms with van der Waals surface area (Å²) in [5.41, 5.74) is 1.18. The van der Waals surface area contributed by atoms with Gasteiger partial charge < -0.3 is 10.0 Å². The molecule has 0 aromatic rings. The lowest BCUT2D eigenvalue weighted by Crippen LogP contribution is -2.23. The van der Waals surface area contributed by atoms with E-state index in [4.69, 9.17) is 5.11 Å². The lowest BCUT2D eigenvalue weighted by atomic mass is 10.1. The zero-order valence-corrected chi connectivity index (χ0v) is 9.21. The van der Waals surface area contributed by atoms with Crippen molar-refractivity contribution in [3.63, 3.8) is 0 Å². The van der Waals surface area contributed by atoms with Crippen LogP contribution in [0.25, 0.3) is 0 Å². The molecule has 78 valence electrons. The van der Waals surface area contributed by atoms with Crippen LogP contribution in [-0.4, -0.2) is 36.2 Å². The van der Waals surface area contributed by atoms with Gasteiger partial charge in [-0.15, -0.1) is 0 Å². The third-order valence-corrected chi connectivity index (χ3v) is 2.31. The average molecular weight is 185 g/mol. The second-order valence-electron chi connectivity index (χ2n) is 3.26. The van der Waals surface area contributed by atoms with E-state index in [1.54, 1.807) is 0 Å². The molecule has 0 heterocycles. The third-order valence-electron chi connectivity index (χ3n) is 2.31. The Morgan fingerprint density at radius 1 is 1.23 bits per heavy atom. The molecule has 0 aliphatic carbocycles. The second-order valence-corrected chi connectivity index (χ2v) is 3.26. The molecule has 0 spiro atoms. The van der Waals surface area contributed by atoms with Gasteiger partial charge in [0.2, 0.25) is 0 Å². The Bertz CT molecular complexity index is 139. The van der Waals surface area contributed by atoms with Gasteiger partial charge in [-0.05, 0) is 25.1 Å². The van der Waals surface area contributed by atoms with Crippen molar-refractivity contribution in [2.45, 2.75) is 33.6 Å². The molecule has 2 heteroatoms. The summed E-state index contributed by atoms with van der Waals surface area (Å²) >= 11 is 0. The zero-order chi connectivity index (χ0) is 10.1. The number of nitrogens with zero attached hydrogens (tertiary/aromatic N) is 1. The molecule has 0 aliphatic rings. The normalized spacial score (nSPS) is 12.5. The van der Waals surface area contributed by atoms with Gasteiger partial charge in [-0.2, -0.15) is 0 Å². The molecule has 0 fully saturated rings. The number of hydrogen-bond acceptors (Lipinski definition) is 2. The lowest BCUT2D eigenvalue weighted by molar-refractivity contribution is 0.316. The Morgan fingerprint density at radius 2 is 1.85 bits per heavy atom. The van der Waals surface area contributed by atoms with Crippen molar-refractivity contribution in [3.8, 4) is 0 Å².